The Labute approximate surface area is 188 Å². The van der Waals surface area contributed by atoms with E-state index in [2.05, 4.69) is 20.8 Å². The molecule has 0 aromatic heterocycles. The first-order chi connectivity index (χ1) is 15.0. The van der Waals surface area contributed by atoms with Crippen molar-refractivity contribution in [2.75, 3.05) is 10.6 Å². The van der Waals surface area contributed by atoms with E-state index in [9.17, 15) is 9.90 Å². The Balaban J connectivity index is 1.66. The van der Waals surface area contributed by atoms with E-state index in [0.29, 0.717) is 38.3 Å². The molecular weight excluding hydrogens is 439 g/mol. The van der Waals surface area contributed by atoms with Crippen molar-refractivity contribution in [1.82, 2.24) is 0 Å². The molecule has 4 rings (SSSR count). The van der Waals surface area contributed by atoms with Crippen LogP contribution in [0.3, 0.4) is 0 Å². The molecule has 3 aromatic rings. The number of benzene rings is 3. The van der Waals surface area contributed by atoms with Crippen LogP contribution in [0.15, 0.2) is 82.9 Å². The van der Waals surface area contributed by atoms with Gasteiger partial charge in [0, 0.05) is 32.5 Å². The fourth-order valence-electron chi connectivity index (χ4n) is 2.97. The monoisotopic (exact) mass is 454 g/mol. The van der Waals surface area contributed by atoms with Crippen LogP contribution in [0, 0.1) is 0 Å². The molecule has 1 aliphatic rings. The highest BCUT2D eigenvalue weighted by Gasteiger charge is 2.25. The lowest BCUT2D eigenvalue weighted by atomic mass is 10.0. The van der Waals surface area contributed by atoms with Gasteiger partial charge in [-0.3, -0.25) is 10.2 Å². The number of anilines is 2. The molecule has 9 heteroatoms. The molecule has 1 heterocycles. The first-order valence-electron chi connectivity index (χ1n) is 9.20. The van der Waals surface area contributed by atoms with Crippen LogP contribution in [-0.2, 0) is 4.84 Å². The summed E-state index contributed by atoms with van der Waals surface area (Å²) < 4.78 is 0. The van der Waals surface area contributed by atoms with E-state index in [1.807, 2.05) is 12.1 Å². The van der Waals surface area contributed by atoms with E-state index in [0.717, 1.165) is 0 Å². The minimum absolute atomic E-state index is 0.0752. The van der Waals surface area contributed by atoms with Gasteiger partial charge in [-0.2, -0.15) is 0 Å². The third-order valence-corrected chi connectivity index (χ3v) is 4.94. The van der Waals surface area contributed by atoms with Crippen LogP contribution in [-0.4, -0.2) is 29.0 Å². The lowest BCUT2D eigenvalue weighted by Crippen LogP contribution is -2.26. The van der Waals surface area contributed by atoms with Crippen LogP contribution in [0.5, 0.6) is 0 Å². The van der Waals surface area contributed by atoms with Crippen molar-refractivity contribution < 1.29 is 14.7 Å². The first kappa shape index (κ1) is 20.9. The van der Waals surface area contributed by atoms with Crippen molar-refractivity contribution in [1.29, 1.82) is 0 Å². The van der Waals surface area contributed by atoms with Crippen LogP contribution in [0.4, 0.5) is 16.2 Å². The Morgan fingerprint density at radius 3 is 2.55 bits per heavy atom. The highest BCUT2D eigenvalue weighted by molar-refractivity contribution is 6.37. The Kier molecular flexibility index (Phi) is 6.18. The zero-order valence-corrected chi connectivity index (χ0v) is 17.4. The summed E-state index contributed by atoms with van der Waals surface area (Å²) in [6, 6.07) is 21.0. The maximum atomic E-state index is 12.0. The molecule has 0 fully saturated rings. The number of carbonyl (C=O) groups excluding carboxylic acids is 1. The number of aliphatic imine (C=N–C) groups is 1. The van der Waals surface area contributed by atoms with Gasteiger partial charge in [0.15, 0.2) is 5.84 Å². The predicted octanol–water partition coefficient (Wildman–Crippen LogP) is 5.14. The number of aliphatic hydroxyl groups excluding tert-OH is 1. The smallest absolute Gasteiger partial charge is 0.365 e. The highest BCUT2D eigenvalue weighted by Crippen LogP contribution is 2.29. The second-order valence-electron chi connectivity index (χ2n) is 6.49. The lowest BCUT2D eigenvalue weighted by Gasteiger charge is -2.12. The summed E-state index contributed by atoms with van der Waals surface area (Å²) in [4.78, 5) is 21.3. The van der Waals surface area contributed by atoms with E-state index in [4.69, 9.17) is 28.0 Å². The van der Waals surface area contributed by atoms with Gasteiger partial charge >= 0.3 is 6.09 Å². The van der Waals surface area contributed by atoms with Crippen molar-refractivity contribution in [2.24, 2.45) is 10.1 Å². The number of benzodiazepines with no additional fused rings is 1. The number of carbonyl (C=O) groups is 1. The lowest BCUT2D eigenvalue weighted by molar-refractivity contribution is 0.163. The summed E-state index contributed by atoms with van der Waals surface area (Å²) in [6.07, 6.45) is -2.26. The zero-order valence-electron chi connectivity index (χ0n) is 15.9. The maximum Gasteiger partial charge on any atom is 0.437 e. The van der Waals surface area contributed by atoms with Gasteiger partial charge < -0.3 is 10.4 Å². The van der Waals surface area contributed by atoms with Crippen molar-refractivity contribution in [3.63, 3.8) is 0 Å². The minimum Gasteiger partial charge on any atom is -0.365 e. The van der Waals surface area contributed by atoms with Gasteiger partial charge in [0.1, 0.15) is 0 Å². The Hall–Kier alpha value is -3.39. The number of halogens is 2. The number of nitrogens with zero attached hydrogens (tertiary/aromatic N) is 2. The molecule has 0 saturated carbocycles. The molecule has 156 valence electrons. The van der Waals surface area contributed by atoms with Crippen molar-refractivity contribution >= 4 is 52.2 Å². The number of fused-ring (bicyclic) bond motifs is 1. The summed E-state index contributed by atoms with van der Waals surface area (Å²) in [6.45, 7) is 0. The number of para-hydroxylation sites is 1. The fraction of sp³-hybridized carbons (Fsp3) is 0.0455. The van der Waals surface area contributed by atoms with Crippen LogP contribution >= 0.6 is 23.2 Å². The quantitative estimate of drug-likeness (QED) is 0.377. The summed E-state index contributed by atoms with van der Waals surface area (Å²) in [5, 5.41) is 20.8. The van der Waals surface area contributed by atoms with Crippen molar-refractivity contribution in [3.05, 3.63) is 94.0 Å². The molecule has 7 nitrogen and oxygen atoms in total. The fourth-order valence-corrected chi connectivity index (χ4v) is 3.36. The van der Waals surface area contributed by atoms with Crippen LogP contribution in [0.1, 0.15) is 11.1 Å². The number of amidine groups is 1. The topological polar surface area (TPSA) is 95.3 Å². The number of aliphatic hydroxyl groups is 1. The van der Waals surface area contributed by atoms with Gasteiger partial charge in [0.2, 0.25) is 6.23 Å². The second kappa shape index (κ2) is 9.18. The largest absolute Gasteiger partial charge is 0.437 e. The molecule has 0 aliphatic carbocycles. The first-order valence-corrected chi connectivity index (χ1v) is 9.95. The van der Waals surface area contributed by atoms with Gasteiger partial charge in [-0.25, -0.2) is 9.79 Å². The SMILES string of the molecule is O=C(Nc1ccccc1)ON=C1Nc2ccc(Cl)cc2C(c2ccccc2Cl)=NC1O. The van der Waals surface area contributed by atoms with Gasteiger partial charge in [-0.05, 0) is 36.4 Å². The average molecular weight is 455 g/mol. The number of amides is 1. The molecule has 3 aromatic carbocycles. The molecule has 0 saturated heterocycles. The molecule has 3 N–H and O–H groups in total. The number of nitrogens with one attached hydrogen (secondary N) is 2. The normalized spacial score (nSPS) is 16.5. The molecular formula is C22H16Cl2N4O3. The van der Waals surface area contributed by atoms with E-state index in [-0.39, 0.29) is 5.84 Å². The maximum absolute atomic E-state index is 12.0. The van der Waals surface area contributed by atoms with Crippen LogP contribution in [0.25, 0.3) is 0 Å². The van der Waals surface area contributed by atoms with Crippen LogP contribution in [0.2, 0.25) is 10.0 Å². The second-order valence-corrected chi connectivity index (χ2v) is 7.34. The van der Waals surface area contributed by atoms with Gasteiger partial charge in [0.05, 0.1) is 5.71 Å². The predicted molar refractivity (Wildman–Crippen MR) is 122 cm³/mol. The molecule has 0 bridgehead atoms. The summed E-state index contributed by atoms with van der Waals surface area (Å²) in [5.74, 6) is -0.0752. The van der Waals surface area contributed by atoms with E-state index in [1.165, 1.54) is 0 Å². The van der Waals surface area contributed by atoms with Gasteiger partial charge in [-0.15, -0.1) is 0 Å². The molecule has 1 amide bonds. The van der Waals surface area contributed by atoms with Crippen LogP contribution < -0.4 is 10.6 Å². The molecule has 1 aliphatic heterocycles. The molecule has 0 radical (unpaired) electrons. The van der Waals surface area contributed by atoms with E-state index < -0.39 is 12.3 Å². The summed E-state index contributed by atoms with van der Waals surface area (Å²) in [5.41, 5.74) is 2.74. The number of oxime groups is 1. The van der Waals surface area contributed by atoms with E-state index in [1.54, 1.807) is 60.7 Å². The van der Waals surface area contributed by atoms with E-state index >= 15 is 0 Å². The highest BCUT2D eigenvalue weighted by atomic mass is 35.5. The molecule has 0 spiro atoms. The third kappa shape index (κ3) is 4.86. The average Bonchev–Trinajstić information content (AvgIpc) is 2.90. The molecule has 1 unspecified atom stereocenters. The van der Waals surface area contributed by atoms with Crippen molar-refractivity contribution in [2.45, 2.75) is 6.23 Å². The molecule has 31 heavy (non-hydrogen) atoms. The third-order valence-electron chi connectivity index (χ3n) is 4.37. The number of hydrogen-bond acceptors (Lipinski definition) is 5. The van der Waals surface area contributed by atoms with Crippen molar-refractivity contribution in [3.8, 4) is 0 Å². The number of rotatable bonds is 3. The zero-order chi connectivity index (χ0) is 21.8. The Morgan fingerprint density at radius 2 is 1.77 bits per heavy atom. The summed E-state index contributed by atoms with van der Waals surface area (Å²) in [7, 11) is 0. The summed E-state index contributed by atoms with van der Waals surface area (Å²) >= 11 is 12.5. The number of hydrogen-bond donors (Lipinski definition) is 3. The molecule has 1 atom stereocenters. The minimum atomic E-state index is -1.44. The Morgan fingerprint density at radius 1 is 1.03 bits per heavy atom. The van der Waals surface area contributed by atoms with Gasteiger partial charge in [0.25, 0.3) is 0 Å². The Bertz CT molecular complexity index is 1180. The van der Waals surface area contributed by atoms with Gasteiger partial charge in [-0.1, -0.05) is 64.8 Å². The standard InChI is InChI=1S/C22H16Cl2N4O3/c23-13-10-11-18-16(12-13)19(15-8-4-5-9-17(15)24)27-21(29)20(26-18)28-31-22(30)25-14-6-2-1-3-7-14/h1-12,21,29H,(H,25,30)(H,26,28).